The fraction of sp³-hybridized carbons (Fsp3) is 0.273. The smallest absolute Gasteiger partial charge is 0.338 e. The topological polar surface area (TPSA) is 111 Å². The molecular weight excluding hydrogens is 407 g/mol. The first-order chi connectivity index (χ1) is 14.9. The molecule has 0 fully saturated rings. The van der Waals surface area contributed by atoms with Gasteiger partial charge in [0.2, 0.25) is 5.91 Å². The highest BCUT2D eigenvalue weighted by molar-refractivity contribution is 5.94. The van der Waals surface area contributed by atoms with Crippen LogP contribution in [0.1, 0.15) is 36.5 Å². The molecular formula is C22H23FN2O6. The Kier molecular flexibility index (Phi) is 9.15. The van der Waals surface area contributed by atoms with Crippen LogP contribution in [0.2, 0.25) is 0 Å². The summed E-state index contributed by atoms with van der Waals surface area (Å²) in [6.07, 6.45) is 0.292. The Morgan fingerprint density at radius 1 is 0.806 bits per heavy atom. The molecule has 0 heterocycles. The average Bonchev–Trinajstić information content (AvgIpc) is 2.74. The molecule has 0 spiro atoms. The van der Waals surface area contributed by atoms with Gasteiger partial charge in [-0.2, -0.15) is 0 Å². The fourth-order valence-electron chi connectivity index (χ4n) is 2.47. The van der Waals surface area contributed by atoms with Gasteiger partial charge in [-0.15, -0.1) is 0 Å². The summed E-state index contributed by atoms with van der Waals surface area (Å²) in [6, 6.07) is 11.4. The van der Waals surface area contributed by atoms with E-state index in [1.807, 2.05) is 0 Å². The summed E-state index contributed by atoms with van der Waals surface area (Å²) in [5.41, 5.74) is 1.28. The predicted octanol–water partition coefficient (Wildman–Crippen LogP) is 3.29. The maximum absolute atomic E-state index is 12.8. The van der Waals surface area contributed by atoms with Crippen molar-refractivity contribution in [2.24, 2.45) is 0 Å². The fourth-order valence-corrected chi connectivity index (χ4v) is 2.47. The molecule has 0 unspecified atom stereocenters. The molecule has 0 saturated heterocycles. The van der Waals surface area contributed by atoms with Gasteiger partial charge >= 0.3 is 11.9 Å². The minimum Gasteiger partial charge on any atom is -0.462 e. The Balaban J connectivity index is 1.63. The van der Waals surface area contributed by atoms with E-state index in [1.54, 1.807) is 31.2 Å². The van der Waals surface area contributed by atoms with Crippen LogP contribution in [0.5, 0.6) is 0 Å². The van der Waals surface area contributed by atoms with Gasteiger partial charge in [0.15, 0.2) is 6.61 Å². The Morgan fingerprint density at radius 2 is 1.39 bits per heavy atom. The molecule has 0 bridgehead atoms. The number of rotatable bonds is 10. The molecule has 2 aromatic rings. The molecule has 164 valence electrons. The van der Waals surface area contributed by atoms with Crippen molar-refractivity contribution in [1.82, 2.24) is 0 Å². The molecule has 8 nitrogen and oxygen atoms in total. The van der Waals surface area contributed by atoms with Crippen LogP contribution in [0.4, 0.5) is 15.8 Å². The molecule has 0 aromatic heterocycles. The molecule has 0 aliphatic heterocycles. The van der Waals surface area contributed by atoms with Gasteiger partial charge in [0.1, 0.15) is 5.82 Å². The molecule has 2 rings (SSSR count). The number of benzene rings is 2. The first-order valence-corrected chi connectivity index (χ1v) is 9.65. The van der Waals surface area contributed by atoms with Gasteiger partial charge in [-0.25, -0.2) is 9.18 Å². The van der Waals surface area contributed by atoms with Gasteiger partial charge in [0.25, 0.3) is 5.91 Å². The van der Waals surface area contributed by atoms with Gasteiger partial charge in [0.05, 0.1) is 12.2 Å². The molecule has 0 aliphatic carbocycles. The number of hydrogen-bond donors (Lipinski definition) is 2. The monoisotopic (exact) mass is 430 g/mol. The van der Waals surface area contributed by atoms with Crippen LogP contribution in [-0.2, 0) is 23.9 Å². The second kappa shape index (κ2) is 12.1. The largest absolute Gasteiger partial charge is 0.462 e. The second-order valence-corrected chi connectivity index (χ2v) is 6.42. The van der Waals surface area contributed by atoms with Crippen molar-refractivity contribution in [2.45, 2.75) is 26.2 Å². The van der Waals surface area contributed by atoms with Gasteiger partial charge in [0, 0.05) is 24.2 Å². The van der Waals surface area contributed by atoms with Crippen molar-refractivity contribution in [2.75, 3.05) is 23.8 Å². The number of halogens is 1. The Morgan fingerprint density at radius 3 is 2.00 bits per heavy atom. The molecule has 31 heavy (non-hydrogen) atoms. The van der Waals surface area contributed by atoms with Crippen LogP contribution < -0.4 is 10.6 Å². The molecule has 2 N–H and O–H groups in total. The lowest BCUT2D eigenvalue weighted by atomic mass is 10.2. The second-order valence-electron chi connectivity index (χ2n) is 6.42. The van der Waals surface area contributed by atoms with E-state index >= 15 is 0 Å². The predicted molar refractivity (Wildman–Crippen MR) is 111 cm³/mol. The van der Waals surface area contributed by atoms with E-state index in [2.05, 4.69) is 10.6 Å². The number of nitrogens with one attached hydrogen (secondary N) is 2. The SMILES string of the molecule is CCOC(=O)c1ccc(NC(=O)CCCC(=O)OCC(=O)Nc2ccc(F)cc2)cc1. The molecule has 2 amide bonds. The highest BCUT2D eigenvalue weighted by Gasteiger charge is 2.11. The summed E-state index contributed by atoms with van der Waals surface area (Å²) in [4.78, 5) is 47.0. The van der Waals surface area contributed by atoms with E-state index in [-0.39, 0.29) is 31.8 Å². The van der Waals surface area contributed by atoms with Crippen LogP contribution in [0, 0.1) is 5.82 Å². The lowest BCUT2D eigenvalue weighted by Crippen LogP contribution is -2.21. The highest BCUT2D eigenvalue weighted by Crippen LogP contribution is 2.12. The van der Waals surface area contributed by atoms with Crippen LogP contribution >= 0.6 is 0 Å². The summed E-state index contributed by atoms with van der Waals surface area (Å²) < 4.78 is 22.6. The minimum atomic E-state index is -0.610. The summed E-state index contributed by atoms with van der Waals surface area (Å²) in [5.74, 6) is -2.33. The van der Waals surface area contributed by atoms with Crippen molar-refractivity contribution >= 4 is 35.1 Å². The van der Waals surface area contributed by atoms with Gasteiger partial charge in [-0.3, -0.25) is 14.4 Å². The van der Waals surface area contributed by atoms with Crippen molar-refractivity contribution in [3.8, 4) is 0 Å². The molecule has 2 aromatic carbocycles. The van der Waals surface area contributed by atoms with Crippen LogP contribution in [0.15, 0.2) is 48.5 Å². The number of hydrogen-bond acceptors (Lipinski definition) is 6. The zero-order valence-corrected chi connectivity index (χ0v) is 17.0. The van der Waals surface area contributed by atoms with E-state index < -0.39 is 30.3 Å². The Labute approximate surface area is 178 Å². The number of ether oxygens (including phenoxy) is 2. The summed E-state index contributed by atoms with van der Waals surface area (Å²) in [6.45, 7) is 1.51. The maximum atomic E-state index is 12.8. The van der Waals surface area contributed by atoms with Crippen molar-refractivity contribution in [3.63, 3.8) is 0 Å². The normalized spacial score (nSPS) is 10.1. The van der Waals surface area contributed by atoms with Crippen molar-refractivity contribution in [1.29, 1.82) is 0 Å². The van der Waals surface area contributed by atoms with Gasteiger partial charge in [-0.05, 0) is 61.9 Å². The molecule has 0 aliphatic rings. The zero-order chi connectivity index (χ0) is 22.6. The number of anilines is 2. The van der Waals surface area contributed by atoms with Crippen LogP contribution in [-0.4, -0.2) is 37.0 Å². The summed E-state index contributed by atoms with van der Waals surface area (Å²) in [7, 11) is 0. The summed E-state index contributed by atoms with van der Waals surface area (Å²) in [5, 5.41) is 5.13. The maximum Gasteiger partial charge on any atom is 0.338 e. The highest BCUT2D eigenvalue weighted by atomic mass is 19.1. The van der Waals surface area contributed by atoms with E-state index in [0.29, 0.717) is 16.9 Å². The number of esters is 2. The Bertz CT molecular complexity index is 913. The number of carbonyl (C=O) groups excluding carboxylic acids is 4. The first-order valence-electron chi connectivity index (χ1n) is 9.65. The third-order valence-corrected chi connectivity index (χ3v) is 3.96. The minimum absolute atomic E-state index is 0.0287. The van der Waals surface area contributed by atoms with Crippen molar-refractivity contribution in [3.05, 3.63) is 59.9 Å². The van der Waals surface area contributed by atoms with E-state index in [4.69, 9.17) is 9.47 Å². The first kappa shape index (κ1) is 23.5. The van der Waals surface area contributed by atoms with Crippen molar-refractivity contribution < 1.29 is 33.0 Å². The Hall–Kier alpha value is -3.75. The zero-order valence-electron chi connectivity index (χ0n) is 17.0. The quantitative estimate of drug-likeness (QED) is 0.560. The third-order valence-electron chi connectivity index (χ3n) is 3.96. The lowest BCUT2D eigenvalue weighted by molar-refractivity contribution is -0.147. The van der Waals surface area contributed by atoms with E-state index in [1.165, 1.54) is 24.3 Å². The third kappa shape index (κ3) is 8.65. The standard InChI is InChI=1S/C22H23FN2O6/c1-2-30-22(29)15-6-10-17(11-7-15)24-19(26)4-3-5-21(28)31-14-20(27)25-18-12-8-16(23)9-13-18/h6-13H,2-5,14H2,1H3,(H,24,26)(H,25,27). The molecule has 0 atom stereocenters. The molecule has 0 radical (unpaired) electrons. The average molecular weight is 430 g/mol. The number of amides is 2. The van der Waals surface area contributed by atoms with E-state index in [9.17, 15) is 23.6 Å². The molecule has 0 saturated carbocycles. The van der Waals surface area contributed by atoms with Gasteiger partial charge < -0.3 is 20.1 Å². The number of carbonyl (C=O) groups is 4. The lowest BCUT2D eigenvalue weighted by Gasteiger charge is -2.08. The van der Waals surface area contributed by atoms with E-state index in [0.717, 1.165) is 0 Å². The van der Waals surface area contributed by atoms with Crippen LogP contribution in [0.25, 0.3) is 0 Å². The van der Waals surface area contributed by atoms with Crippen LogP contribution in [0.3, 0.4) is 0 Å². The molecule has 9 heteroatoms. The summed E-state index contributed by atoms with van der Waals surface area (Å²) >= 11 is 0. The van der Waals surface area contributed by atoms with Gasteiger partial charge in [-0.1, -0.05) is 0 Å².